The summed E-state index contributed by atoms with van der Waals surface area (Å²) in [4.78, 5) is 24.9. The van der Waals surface area contributed by atoms with Gasteiger partial charge in [0.25, 0.3) is 0 Å². The van der Waals surface area contributed by atoms with Gasteiger partial charge in [0.15, 0.2) is 0 Å². The number of ether oxygens (including phenoxy) is 3. The first-order valence-corrected chi connectivity index (χ1v) is 6.33. The van der Waals surface area contributed by atoms with Gasteiger partial charge in [-0.2, -0.15) is 0 Å². The summed E-state index contributed by atoms with van der Waals surface area (Å²) in [7, 11) is 0. The van der Waals surface area contributed by atoms with Gasteiger partial charge in [0.2, 0.25) is 0 Å². The lowest BCUT2D eigenvalue weighted by molar-refractivity contribution is 0.000272. The molecule has 0 bridgehead atoms. The number of hydrogen-bond donors (Lipinski definition) is 0. The van der Waals surface area contributed by atoms with Crippen molar-refractivity contribution in [3.8, 4) is 0 Å². The number of epoxide rings is 1. The van der Waals surface area contributed by atoms with E-state index in [1.54, 1.807) is 41.5 Å². The summed E-state index contributed by atoms with van der Waals surface area (Å²) < 4.78 is 15.4. The molecule has 6 heteroatoms. The topological polar surface area (TPSA) is 68.4 Å². The number of carbonyl (C=O) groups is 2. The lowest BCUT2D eigenvalue weighted by atomic mass is 10.2. The fourth-order valence-corrected chi connectivity index (χ4v) is 1.23. The zero-order chi connectivity index (χ0) is 14.8. The monoisotopic (exact) mass is 273 g/mol. The fraction of sp³-hybridized carbons (Fsp3) is 0.846. The third kappa shape index (κ3) is 6.42. The SMILES string of the molecule is CC(C)(C)OC(=O)N(C[C@H]1CO1)C(=O)OC(C)(C)C. The van der Waals surface area contributed by atoms with Crippen molar-refractivity contribution in [1.82, 2.24) is 4.90 Å². The van der Waals surface area contributed by atoms with Gasteiger partial charge in [-0.05, 0) is 41.5 Å². The van der Waals surface area contributed by atoms with Crippen molar-refractivity contribution in [2.75, 3.05) is 13.2 Å². The van der Waals surface area contributed by atoms with Crippen molar-refractivity contribution >= 4 is 12.2 Å². The maximum Gasteiger partial charge on any atom is 0.419 e. The van der Waals surface area contributed by atoms with Crippen LogP contribution in [0.3, 0.4) is 0 Å². The molecule has 110 valence electrons. The minimum atomic E-state index is -0.711. The molecule has 6 nitrogen and oxygen atoms in total. The Balaban J connectivity index is 2.70. The van der Waals surface area contributed by atoms with Gasteiger partial charge in [-0.1, -0.05) is 0 Å². The molecule has 1 aliphatic heterocycles. The molecule has 1 saturated heterocycles. The largest absolute Gasteiger partial charge is 0.443 e. The predicted octanol–water partition coefficient (Wildman–Crippen LogP) is 2.56. The van der Waals surface area contributed by atoms with Crippen molar-refractivity contribution in [3.63, 3.8) is 0 Å². The average Bonchev–Trinajstić information content (AvgIpc) is 2.90. The molecule has 1 fully saturated rings. The molecule has 2 amide bonds. The van der Waals surface area contributed by atoms with Crippen molar-refractivity contribution in [2.24, 2.45) is 0 Å². The van der Waals surface area contributed by atoms with Crippen LogP contribution in [0.25, 0.3) is 0 Å². The van der Waals surface area contributed by atoms with Crippen molar-refractivity contribution < 1.29 is 23.8 Å². The number of imide groups is 1. The van der Waals surface area contributed by atoms with Crippen molar-refractivity contribution in [1.29, 1.82) is 0 Å². The Morgan fingerprint density at radius 3 is 1.68 bits per heavy atom. The molecule has 0 aromatic rings. The Morgan fingerprint density at radius 1 is 1.05 bits per heavy atom. The van der Waals surface area contributed by atoms with Crippen LogP contribution in [0.4, 0.5) is 9.59 Å². The van der Waals surface area contributed by atoms with Crippen molar-refractivity contribution in [2.45, 2.75) is 58.8 Å². The highest BCUT2D eigenvalue weighted by molar-refractivity contribution is 5.88. The molecule has 0 radical (unpaired) electrons. The average molecular weight is 273 g/mol. The molecule has 1 heterocycles. The van der Waals surface area contributed by atoms with Crippen LogP contribution < -0.4 is 0 Å². The van der Waals surface area contributed by atoms with Gasteiger partial charge in [-0.25, -0.2) is 14.5 Å². The molecule has 0 aromatic carbocycles. The molecular weight excluding hydrogens is 250 g/mol. The van der Waals surface area contributed by atoms with E-state index in [0.717, 1.165) is 4.90 Å². The van der Waals surface area contributed by atoms with Gasteiger partial charge in [0, 0.05) is 0 Å². The molecule has 0 aliphatic carbocycles. The summed E-state index contributed by atoms with van der Waals surface area (Å²) in [5, 5.41) is 0. The van der Waals surface area contributed by atoms with Gasteiger partial charge in [-0.3, -0.25) is 0 Å². The van der Waals surface area contributed by atoms with E-state index in [-0.39, 0.29) is 12.6 Å². The molecule has 0 aromatic heterocycles. The van der Waals surface area contributed by atoms with Crippen LogP contribution in [-0.2, 0) is 14.2 Å². The number of nitrogens with zero attached hydrogens (tertiary/aromatic N) is 1. The first-order valence-electron chi connectivity index (χ1n) is 6.33. The van der Waals surface area contributed by atoms with E-state index < -0.39 is 23.4 Å². The minimum Gasteiger partial charge on any atom is -0.443 e. The molecule has 1 aliphatic rings. The number of carbonyl (C=O) groups excluding carboxylic acids is 2. The summed E-state index contributed by atoms with van der Waals surface area (Å²) in [6.45, 7) is 11.2. The van der Waals surface area contributed by atoms with Crippen LogP contribution in [-0.4, -0.2) is 47.5 Å². The van der Waals surface area contributed by atoms with Gasteiger partial charge in [-0.15, -0.1) is 0 Å². The minimum absolute atomic E-state index is 0.111. The summed E-state index contributed by atoms with van der Waals surface area (Å²) in [5.41, 5.74) is -1.33. The maximum atomic E-state index is 12.0. The predicted molar refractivity (Wildman–Crippen MR) is 68.9 cm³/mol. The molecular formula is C13H23NO5. The normalized spacial score (nSPS) is 18.7. The summed E-state index contributed by atoms with van der Waals surface area (Å²) in [5.74, 6) is 0. The second-order valence-electron chi connectivity index (χ2n) is 6.53. The van der Waals surface area contributed by atoms with Gasteiger partial charge in [0.1, 0.15) is 11.2 Å². The third-order valence-electron chi connectivity index (χ3n) is 2.02. The number of rotatable bonds is 2. The highest BCUT2D eigenvalue weighted by atomic mass is 16.6. The summed E-state index contributed by atoms with van der Waals surface area (Å²) >= 11 is 0. The highest BCUT2D eigenvalue weighted by Gasteiger charge is 2.36. The molecule has 1 rings (SSSR count). The number of hydrogen-bond acceptors (Lipinski definition) is 5. The number of amides is 2. The molecule has 0 N–H and O–H groups in total. The first kappa shape index (κ1) is 15.8. The Bertz CT molecular complexity index is 321. The summed E-state index contributed by atoms with van der Waals surface area (Å²) in [6.07, 6.45) is -1.53. The van der Waals surface area contributed by atoms with Crippen LogP contribution in [0, 0.1) is 0 Å². The van der Waals surface area contributed by atoms with Crippen LogP contribution in [0.2, 0.25) is 0 Å². The molecule has 19 heavy (non-hydrogen) atoms. The van der Waals surface area contributed by atoms with E-state index in [1.807, 2.05) is 0 Å². The van der Waals surface area contributed by atoms with Crippen LogP contribution in [0.15, 0.2) is 0 Å². The van der Waals surface area contributed by atoms with E-state index in [2.05, 4.69) is 0 Å². The second-order valence-corrected chi connectivity index (χ2v) is 6.53. The van der Waals surface area contributed by atoms with Gasteiger partial charge < -0.3 is 14.2 Å². The quantitative estimate of drug-likeness (QED) is 0.723. The molecule has 0 spiro atoms. The lowest BCUT2D eigenvalue weighted by Crippen LogP contribution is -2.45. The van der Waals surface area contributed by atoms with E-state index in [9.17, 15) is 9.59 Å². The third-order valence-corrected chi connectivity index (χ3v) is 2.02. The zero-order valence-electron chi connectivity index (χ0n) is 12.5. The van der Waals surface area contributed by atoms with E-state index in [0.29, 0.717) is 6.61 Å². The van der Waals surface area contributed by atoms with Gasteiger partial charge in [0.05, 0.1) is 19.3 Å². The first-order chi connectivity index (χ1) is 8.48. The van der Waals surface area contributed by atoms with E-state index in [1.165, 1.54) is 0 Å². The Kier molecular flexibility index (Phi) is 4.45. The zero-order valence-corrected chi connectivity index (χ0v) is 12.5. The lowest BCUT2D eigenvalue weighted by Gasteiger charge is -2.28. The van der Waals surface area contributed by atoms with Crippen molar-refractivity contribution in [3.05, 3.63) is 0 Å². The molecule has 1 atom stereocenters. The van der Waals surface area contributed by atoms with Crippen LogP contribution in [0.1, 0.15) is 41.5 Å². The van der Waals surface area contributed by atoms with Crippen LogP contribution >= 0.6 is 0 Å². The van der Waals surface area contributed by atoms with Gasteiger partial charge >= 0.3 is 12.2 Å². The standard InChI is InChI=1S/C13H23NO5/c1-12(2,3)18-10(15)14(7-9-8-17-9)11(16)19-13(4,5)6/h9H,7-8H2,1-6H3/t9-/m0/s1. The molecule has 0 saturated carbocycles. The highest BCUT2D eigenvalue weighted by Crippen LogP contribution is 2.18. The summed E-state index contributed by atoms with van der Waals surface area (Å²) in [6, 6.07) is 0. The Morgan fingerprint density at radius 2 is 1.42 bits per heavy atom. The second kappa shape index (κ2) is 5.36. The Hall–Kier alpha value is -1.30. The van der Waals surface area contributed by atoms with Crippen LogP contribution in [0.5, 0.6) is 0 Å². The smallest absolute Gasteiger partial charge is 0.419 e. The van der Waals surface area contributed by atoms with E-state index >= 15 is 0 Å². The molecule has 0 unspecified atom stereocenters. The maximum absolute atomic E-state index is 12.0. The fourth-order valence-electron chi connectivity index (χ4n) is 1.23. The van der Waals surface area contributed by atoms with E-state index in [4.69, 9.17) is 14.2 Å². The Labute approximate surface area is 114 Å².